The molecule has 0 bridgehead atoms. The first-order valence-electron chi connectivity index (χ1n) is 5.48. The number of halogens is 1. The average molecular weight is 286 g/mol. The van der Waals surface area contributed by atoms with E-state index in [0.29, 0.717) is 11.6 Å². The summed E-state index contributed by atoms with van der Waals surface area (Å²) in [5, 5.41) is 12.7. The van der Waals surface area contributed by atoms with Gasteiger partial charge in [0, 0.05) is 6.54 Å². The van der Waals surface area contributed by atoms with Gasteiger partial charge < -0.3 is 16.2 Å². The molecule has 1 heterocycles. The smallest absolute Gasteiger partial charge is 0.140 e. The molecule has 1 fully saturated rings. The first-order chi connectivity index (χ1) is 7.65. The molecule has 4 N–H and O–H groups in total. The molecule has 16 heavy (non-hydrogen) atoms. The monoisotopic (exact) mass is 285 g/mol. The van der Waals surface area contributed by atoms with Crippen LogP contribution in [0.5, 0.6) is 0 Å². The molecule has 5 heteroatoms. The number of hydrogen-bond donors (Lipinski definition) is 3. The van der Waals surface area contributed by atoms with Gasteiger partial charge in [0.2, 0.25) is 0 Å². The van der Waals surface area contributed by atoms with Crippen LogP contribution in [-0.2, 0) is 0 Å². The van der Waals surface area contributed by atoms with E-state index >= 15 is 0 Å². The van der Waals surface area contributed by atoms with Crippen LogP contribution in [0.25, 0.3) is 0 Å². The number of nitrogens with two attached hydrogens (primary N) is 1. The first kappa shape index (κ1) is 11.7. The lowest BCUT2D eigenvalue weighted by Crippen LogP contribution is -2.13. The zero-order valence-corrected chi connectivity index (χ0v) is 10.6. The van der Waals surface area contributed by atoms with Gasteiger partial charge in [-0.3, -0.25) is 0 Å². The van der Waals surface area contributed by atoms with Crippen LogP contribution in [-0.4, -0.2) is 22.7 Å². The van der Waals surface area contributed by atoms with E-state index in [1.807, 2.05) is 6.07 Å². The second-order valence-electron chi connectivity index (χ2n) is 4.31. The number of aromatic nitrogens is 1. The number of hydrogen-bond acceptors (Lipinski definition) is 4. The molecule has 2 atom stereocenters. The molecule has 0 radical (unpaired) electrons. The minimum Gasteiger partial charge on any atom is -0.397 e. The van der Waals surface area contributed by atoms with Crippen LogP contribution in [0.3, 0.4) is 0 Å². The normalized spacial score (nSPS) is 24.6. The van der Waals surface area contributed by atoms with Gasteiger partial charge in [0.25, 0.3) is 0 Å². The van der Waals surface area contributed by atoms with Crippen LogP contribution >= 0.6 is 15.9 Å². The van der Waals surface area contributed by atoms with Crippen LogP contribution in [0.15, 0.2) is 16.7 Å². The molecule has 1 aliphatic rings. The van der Waals surface area contributed by atoms with Crippen molar-refractivity contribution in [2.75, 3.05) is 17.6 Å². The molecule has 0 saturated heterocycles. The van der Waals surface area contributed by atoms with E-state index in [2.05, 4.69) is 26.2 Å². The molecule has 1 aliphatic carbocycles. The fraction of sp³-hybridized carbons (Fsp3) is 0.545. The van der Waals surface area contributed by atoms with Gasteiger partial charge in [-0.25, -0.2) is 4.98 Å². The van der Waals surface area contributed by atoms with Crippen LogP contribution < -0.4 is 11.1 Å². The van der Waals surface area contributed by atoms with Crippen LogP contribution in [0.1, 0.15) is 19.3 Å². The molecule has 0 aliphatic heterocycles. The van der Waals surface area contributed by atoms with Crippen molar-refractivity contribution in [3.8, 4) is 0 Å². The first-order valence-corrected chi connectivity index (χ1v) is 6.27. The summed E-state index contributed by atoms with van der Waals surface area (Å²) < 4.78 is 0.881. The molecule has 88 valence electrons. The Labute approximate surface area is 103 Å². The molecule has 1 aromatic heterocycles. The standard InChI is InChI=1S/C11H16BrN3O/c12-10-4-8(13)6-15-11(10)14-5-7-1-2-9(16)3-7/h4,6-7,9,16H,1-3,5,13H2,(H,14,15). The van der Waals surface area contributed by atoms with Crippen molar-refractivity contribution in [2.45, 2.75) is 25.4 Å². The highest BCUT2D eigenvalue weighted by Crippen LogP contribution is 2.27. The Bertz CT molecular complexity index is 372. The van der Waals surface area contributed by atoms with E-state index in [4.69, 9.17) is 5.73 Å². The largest absolute Gasteiger partial charge is 0.397 e. The molecule has 0 spiro atoms. The van der Waals surface area contributed by atoms with E-state index in [0.717, 1.165) is 36.1 Å². The predicted octanol–water partition coefficient (Wildman–Crippen LogP) is 2.00. The second-order valence-corrected chi connectivity index (χ2v) is 5.17. The average Bonchev–Trinajstić information content (AvgIpc) is 2.63. The summed E-state index contributed by atoms with van der Waals surface area (Å²) in [6.07, 6.45) is 4.41. The summed E-state index contributed by atoms with van der Waals surface area (Å²) in [6.45, 7) is 0.854. The third-order valence-electron chi connectivity index (χ3n) is 2.93. The number of nitrogens with zero attached hydrogens (tertiary/aromatic N) is 1. The summed E-state index contributed by atoms with van der Waals surface area (Å²) >= 11 is 3.41. The van der Waals surface area contributed by atoms with E-state index in [9.17, 15) is 5.11 Å². The topological polar surface area (TPSA) is 71.2 Å². The van der Waals surface area contributed by atoms with Gasteiger partial charge in [-0.05, 0) is 47.2 Å². The van der Waals surface area contributed by atoms with Crippen molar-refractivity contribution in [2.24, 2.45) is 5.92 Å². The molecule has 2 rings (SSSR count). The number of anilines is 2. The van der Waals surface area contributed by atoms with Crippen molar-refractivity contribution < 1.29 is 5.11 Å². The highest BCUT2D eigenvalue weighted by atomic mass is 79.9. The van der Waals surface area contributed by atoms with E-state index < -0.39 is 0 Å². The van der Waals surface area contributed by atoms with Crippen LogP contribution in [0, 0.1) is 5.92 Å². The van der Waals surface area contributed by atoms with Crippen molar-refractivity contribution >= 4 is 27.4 Å². The number of nitrogens with one attached hydrogen (secondary N) is 1. The minimum atomic E-state index is -0.116. The molecule has 0 aromatic carbocycles. The molecule has 0 amide bonds. The van der Waals surface area contributed by atoms with Crippen molar-refractivity contribution in [3.05, 3.63) is 16.7 Å². The Balaban J connectivity index is 1.89. The summed E-state index contributed by atoms with van der Waals surface area (Å²) in [4.78, 5) is 4.21. The molecular formula is C11H16BrN3O. The third kappa shape index (κ3) is 2.86. The second kappa shape index (κ2) is 5.01. The number of rotatable bonds is 3. The summed E-state index contributed by atoms with van der Waals surface area (Å²) in [5.41, 5.74) is 6.26. The van der Waals surface area contributed by atoms with Gasteiger partial charge in [0.05, 0.1) is 22.5 Å². The number of nitrogen functional groups attached to an aromatic ring is 1. The van der Waals surface area contributed by atoms with E-state index in [1.54, 1.807) is 6.20 Å². The highest BCUT2D eigenvalue weighted by Gasteiger charge is 2.22. The van der Waals surface area contributed by atoms with Gasteiger partial charge in [-0.2, -0.15) is 0 Å². The zero-order valence-electron chi connectivity index (χ0n) is 8.99. The van der Waals surface area contributed by atoms with E-state index in [-0.39, 0.29) is 6.10 Å². The molecule has 1 saturated carbocycles. The number of aliphatic hydroxyl groups is 1. The highest BCUT2D eigenvalue weighted by molar-refractivity contribution is 9.10. The Morgan fingerprint density at radius 3 is 3.00 bits per heavy atom. The Morgan fingerprint density at radius 2 is 2.38 bits per heavy atom. The predicted molar refractivity (Wildman–Crippen MR) is 68.2 cm³/mol. The maximum Gasteiger partial charge on any atom is 0.140 e. The summed E-state index contributed by atoms with van der Waals surface area (Å²) in [6, 6.07) is 1.83. The van der Waals surface area contributed by atoms with Crippen LogP contribution in [0.4, 0.5) is 11.5 Å². The molecular weight excluding hydrogens is 270 g/mol. The van der Waals surface area contributed by atoms with Crippen molar-refractivity contribution in [1.82, 2.24) is 4.98 Å². The Hall–Kier alpha value is -0.810. The third-order valence-corrected chi connectivity index (χ3v) is 3.54. The summed E-state index contributed by atoms with van der Waals surface area (Å²) in [7, 11) is 0. The number of pyridine rings is 1. The lowest BCUT2D eigenvalue weighted by Gasteiger charge is -2.12. The summed E-state index contributed by atoms with van der Waals surface area (Å²) in [5.74, 6) is 1.36. The SMILES string of the molecule is Nc1cnc(NCC2CCC(O)C2)c(Br)c1. The lowest BCUT2D eigenvalue weighted by atomic mass is 10.1. The van der Waals surface area contributed by atoms with Gasteiger partial charge >= 0.3 is 0 Å². The van der Waals surface area contributed by atoms with Crippen LogP contribution in [0.2, 0.25) is 0 Å². The maximum absolute atomic E-state index is 9.42. The fourth-order valence-electron chi connectivity index (χ4n) is 2.06. The molecule has 2 unspecified atom stereocenters. The van der Waals surface area contributed by atoms with Crippen molar-refractivity contribution in [1.29, 1.82) is 0 Å². The van der Waals surface area contributed by atoms with Gasteiger partial charge in [-0.15, -0.1) is 0 Å². The van der Waals surface area contributed by atoms with Gasteiger partial charge in [-0.1, -0.05) is 0 Å². The van der Waals surface area contributed by atoms with Gasteiger partial charge in [0.15, 0.2) is 0 Å². The quantitative estimate of drug-likeness (QED) is 0.794. The van der Waals surface area contributed by atoms with Gasteiger partial charge in [0.1, 0.15) is 5.82 Å². The fourth-order valence-corrected chi connectivity index (χ4v) is 2.56. The maximum atomic E-state index is 9.42. The molecule has 4 nitrogen and oxygen atoms in total. The Morgan fingerprint density at radius 1 is 1.56 bits per heavy atom. The Kier molecular flexibility index (Phi) is 3.66. The minimum absolute atomic E-state index is 0.116. The number of aliphatic hydroxyl groups excluding tert-OH is 1. The van der Waals surface area contributed by atoms with Crippen molar-refractivity contribution in [3.63, 3.8) is 0 Å². The molecule has 1 aromatic rings. The van der Waals surface area contributed by atoms with E-state index in [1.165, 1.54) is 0 Å². The zero-order chi connectivity index (χ0) is 11.5. The lowest BCUT2D eigenvalue weighted by molar-refractivity contribution is 0.178.